The molecule has 3 rings (SSSR count). The summed E-state index contributed by atoms with van der Waals surface area (Å²) in [7, 11) is -3.52. The number of carbonyl (C=O) groups excluding carboxylic acids is 1. The topological polar surface area (TPSA) is 66.5 Å². The fourth-order valence-electron chi connectivity index (χ4n) is 3.12. The molecule has 0 saturated carbocycles. The van der Waals surface area contributed by atoms with Crippen molar-refractivity contribution in [2.24, 2.45) is 0 Å². The van der Waals surface area contributed by atoms with Crippen LogP contribution in [0.5, 0.6) is 0 Å². The van der Waals surface area contributed by atoms with Gasteiger partial charge in [0.15, 0.2) is 0 Å². The Kier molecular flexibility index (Phi) is 5.74. The monoisotopic (exact) mass is 372 g/mol. The van der Waals surface area contributed by atoms with Crippen molar-refractivity contribution in [3.8, 4) is 0 Å². The van der Waals surface area contributed by atoms with Crippen LogP contribution in [0.3, 0.4) is 0 Å². The number of nitrogens with one attached hydrogen (secondary N) is 1. The second kappa shape index (κ2) is 8.01. The van der Waals surface area contributed by atoms with Gasteiger partial charge >= 0.3 is 0 Å². The number of amides is 1. The lowest BCUT2D eigenvalue weighted by Gasteiger charge is -2.16. The lowest BCUT2D eigenvalue weighted by molar-refractivity contribution is 0.0951. The van der Waals surface area contributed by atoms with Crippen LogP contribution in [0.1, 0.15) is 41.6 Å². The SMILES string of the molecule is C[C@H](CNC(=O)c1cccc(S(=O)(=O)N2CCCC2)c1)c1ccccc1. The largest absolute Gasteiger partial charge is 0.351 e. The standard InChI is InChI=1S/C20H24N2O3S/c1-16(17-8-3-2-4-9-17)15-21-20(23)18-10-7-11-19(14-18)26(24,25)22-12-5-6-13-22/h2-4,7-11,14,16H,5-6,12-13,15H2,1H3,(H,21,23)/t16-/m1/s1. The Balaban J connectivity index is 1.68. The molecule has 2 aromatic carbocycles. The van der Waals surface area contributed by atoms with Crippen molar-refractivity contribution in [3.63, 3.8) is 0 Å². The highest BCUT2D eigenvalue weighted by Gasteiger charge is 2.27. The zero-order valence-corrected chi connectivity index (χ0v) is 15.7. The van der Waals surface area contributed by atoms with E-state index in [0.29, 0.717) is 25.2 Å². The first kappa shape index (κ1) is 18.6. The smallest absolute Gasteiger partial charge is 0.251 e. The van der Waals surface area contributed by atoms with Gasteiger partial charge < -0.3 is 5.32 Å². The Morgan fingerprint density at radius 2 is 1.77 bits per heavy atom. The molecule has 2 aromatic rings. The summed E-state index contributed by atoms with van der Waals surface area (Å²) in [5, 5.41) is 2.90. The highest BCUT2D eigenvalue weighted by molar-refractivity contribution is 7.89. The first-order chi connectivity index (χ1) is 12.5. The molecular formula is C20H24N2O3S. The minimum absolute atomic E-state index is 0.177. The molecule has 138 valence electrons. The van der Waals surface area contributed by atoms with Gasteiger partial charge in [0.1, 0.15) is 0 Å². The van der Waals surface area contributed by atoms with E-state index in [9.17, 15) is 13.2 Å². The number of benzene rings is 2. The molecule has 1 atom stereocenters. The number of hydrogen-bond acceptors (Lipinski definition) is 3. The van der Waals surface area contributed by atoms with Crippen molar-refractivity contribution in [1.82, 2.24) is 9.62 Å². The summed E-state index contributed by atoms with van der Waals surface area (Å²) in [6.45, 7) is 3.64. The summed E-state index contributed by atoms with van der Waals surface area (Å²) < 4.78 is 26.8. The number of nitrogens with zero attached hydrogens (tertiary/aromatic N) is 1. The molecule has 1 aliphatic rings. The van der Waals surface area contributed by atoms with Crippen LogP contribution in [0.25, 0.3) is 0 Å². The van der Waals surface area contributed by atoms with Gasteiger partial charge in [0.2, 0.25) is 10.0 Å². The zero-order valence-electron chi connectivity index (χ0n) is 14.9. The highest BCUT2D eigenvalue weighted by Crippen LogP contribution is 2.21. The molecule has 5 nitrogen and oxygen atoms in total. The van der Waals surface area contributed by atoms with Crippen molar-refractivity contribution in [3.05, 3.63) is 65.7 Å². The molecule has 1 amide bonds. The quantitative estimate of drug-likeness (QED) is 0.848. The van der Waals surface area contributed by atoms with Gasteiger partial charge in [-0.1, -0.05) is 43.3 Å². The van der Waals surface area contributed by atoms with Crippen LogP contribution in [0, 0.1) is 0 Å². The van der Waals surface area contributed by atoms with E-state index in [1.807, 2.05) is 37.3 Å². The van der Waals surface area contributed by atoms with E-state index < -0.39 is 10.0 Å². The summed E-state index contributed by atoms with van der Waals surface area (Å²) in [5.74, 6) is -0.0806. The molecule has 0 radical (unpaired) electrons. The Morgan fingerprint density at radius 3 is 2.46 bits per heavy atom. The maximum atomic E-state index is 12.7. The molecule has 0 unspecified atom stereocenters. The van der Waals surface area contributed by atoms with Gasteiger partial charge in [-0.15, -0.1) is 0 Å². The lowest BCUT2D eigenvalue weighted by atomic mass is 10.0. The number of carbonyl (C=O) groups is 1. The normalized spacial score (nSPS) is 16.3. The summed E-state index contributed by atoms with van der Waals surface area (Å²) in [6.07, 6.45) is 1.77. The molecule has 0 spiro atoms. The van der Waals surface area contributed by atoms with Crippen molar-refractivity contribution in [1.29, 1.82) is 0 Å². The van der Waals surface area contributed by atoms with Crippen LogP contribution < -0.4 is 5.32 Å². The first-order valence-electron chi connectivity index (χ1n) is 8.92. The van der Waals surface area contributed by atoms with E-state index in [4.69, 9.17) is 0 Å². The number of hydrogen-bond donors (Lipinski definition) is 1. The van der Waals surface area contributed by atoms with Gasteiger partial charge in [-0.25, -0.2) is 8.42 Å². The summed E-state index contributed by atoms with van der Waals surface area (Å²) in [4.78, 5) is 12.6. The van der Waals surface area contributed by atoms with Crippen molar-refractivity contribution in [2.45, 2.75) is 30.6 Å². The molecular weight excluding hydrogens is 348 g/mol. The van der Waals surface area contributed by atoms with E-state index >= 15 is 0 Å². The fourth-order valence-corrected chi connectivity index (χ4v) is 4.69. The summed E-state index contributed by atoms with van der Waals surface area (Å²) >= 11 is 0. The Hall–Kier alpha value is -2.18. The van der Waals surface area contributed by atoms with Gasteiger partial charge in [-0.2, -0.15) is 4.31 Å². The van der Waals surface area contributed by atoms with Gasteiger partial charge in [0.05, 0.1) is 4.90 Å². The van der Waals surface area contributed by atoms with Gasteiger partial charge in [-0.3, -0.25) is 4.79 Å². The van der Waals surface area contributed by atoms with Crippen LogP contribution >= 0.6 is 0 Å². The minimum atomic E-state index is -3.52. The number of rotatable bonds is 6. The third-order valence-electron chi connectivity index (χ3n) is 4.74. The molecule has 0 bridgehead atoms. The molecule has 0 aliphatic carbocycles. The average Bonchev–Trinajstić information content (AvgIpc) is 3.22. The van der Waals surface area contributed by atoms with E-state index in [0.717, 1.165) is 18.4 Å². The summed E-state index contributed by atoms with van der Waals surface area (Å²) in [6, 6.07) is 16.2. The van der Waals surface area contributed by atoms with Gasteiger partial charge in [0, 0.05) is 25.2 Å². The fraction of sp³-hybridized carbons (Fsp3) is 0.350. The van der Waals surface area contributed by atoms with Crippen molar-refractivity contribution in [2.75, 3.05) is 19.6 Å². The zero-order chi connectivity index (χ0) is 18.6. The second-order valence-corrected chi connectivity index (χ2v) is 8.60. The molecule has 6 heteroatoms. The summed E-state index contributed by atoms with van der Waals surface area (Å²) in [5.41, 5.74) is 1.52. The van der Waals surface area contributed by atoms with Crippen LogP contribution in [-0.4, -0.2) is 38.3 Å². The van der Waals surface area contributed by atoms with Crippen LogP contribution in [0.15, 0.2) is 59.5 Å². The van der Waals surface area contributed by atoms with Gasteiger partial charge in [-0.05, 0) is 42.5 Å². The van der Waals surface area contributed by atoms with E-state index in [1.165, 1.54) is 10.4 Å². The van der Waals surface area contributed by atoms with E-state index in [-0.39, 0.29) is 16.7 Å². The number of sulfonamides is 1. The molecule has 1 heterocycles. The molecule has 1 aliphatic heterocycles. The van der Waals surface area contributed by atoms with Gasteiger partial charge in [0.25, 0.3) is 5.91 Å². The predicted octanol–water partition coefficient (Wildman–Crippen LogP) is 3.00. The van der Waals surface area contributed by atoms with Crippen LogP contribution in [0.2, 0.25) is 0 Å². The minimum Gasteiger partial charge on any atom is -0.351 e. The average molecular weight is 372 g/mol. The van der Waals surface area contributed by atoms with Crippen molar-refractivity contribution >= 4 is 15.9 Å². The third-order valence-corrected chi connectivity index (χ3v) is 6.63. The Bertz CT molecular complexity index is 860. The molecule has 26 heavy (non-hydrogen) atoms. The van der Waals surface area contributed by atoms with Crippen molar-refractivity contribution < 1.29 is 13.2 Å². The van der Waals surface area contributed by atoms with Crippen LogP contribution in [-0.2, 0) is 10.0 Å². The lowest BCUT2D eigenvalue weighted by Crippen LogP contribution is -2.29. The predicted molar refractivity (Wildman–Crippen MR) is 102 cm³/mol. The van der Waals surface area contributed by atoms with Crippen LogP contribution in [0.4, 0.5) is 0 Å². The highest BCUT2D eigenvalue weighted by atomic mass is 32.2. The first-order valence-corrected chi connectivity index (χ1v) is 10.4. The third kappa shape index (κ3) is 4.14. The Morgan fingerprint density at radius 1 is 1.08 bits per heavy atom. The van der Waals surface area contributed by atoms with E-state index in [1.54, 1.807) is 18.2 Å². The van der Waals surface area contributed by atoms with E-state index in [2.05, 4.69) is 5.32 Å². The molecule has 0 aromatic heterocycles. The maximum Gasteiger partial charge on any atom is 0.251 e. The molecule has 1 N–H and O–H groups in total. The second-order valence-electron chi connectivity index (χ2n) is 6.66. The molecule has 1 fully saturated rings. The maximum absolute atomic E-state index is 12.7. The Labute approximate surface area is 155 Å². The molecule has 1 saturated heterocycles.